The van der Waals surface area contributed by atoms with Gasteiger partial charge in [0.1, 0.15) is 0 Å². The van der Waals surface area contributed by atoms with Crippen molar-refractivity contribution in [3.8, 4) is 21.8 Å². The summed E-state index contributed by atoms with van der Waals surface area (Å²) in [5.74, 6) is 0.263. The molecule has 3 N–H and O–H groups in total. The zero-order valence-corrected chi connectivity index (χ0v) is 18.0. The standard InChI is InChI=1S/C21H26N6OS/c1-5-6-14-8-7-13(10-23-14)17-16-12(4)9-15-19(18(16)27(26-17)11(2)3)29-21(24-15)25-20(22)28/h7-8,10-12H,5-6,9H2,1-4H3,(H3,22,24,25,28). The number of thiazole rings is 1. The molecule has 1 unspecified atom stereocenters. The van der Waals surface area contributed by atoms with E-state index >= 15 is 0 Å². The second-order valence-electron chi connectivity index (χ2n) is 7.83. The molecule has 0 aliphatic heterocycles. The maximum Gasteiger partial charge on any atom is 0.318 e. The Labute approximate surface area is 174 Å². The highest BCUT2D eigenvalue weighted by Crippen LogP contribution is 2.48. The molecule has 3 aromatic rings. The molecule has 1 atom stereocenters. The first kappa shape index (κ1) is 19.6. The van der Waals surface area contributed by atoms with E-state index in [-0.39, 0.29) is 12.0 Å². The van der Waals surface area contributed by atoms with Crippen LogP contribution in [-0.2, 0) is 12.8 Å². The van der Waals surface area contributed by atoms with Gasteiger partial charge in [-0.3, -0.25) is 15.0 Å². The van der Waals surface area contributed by atoms with E-state index in [2.05, 4.69) is 59.8 Å². The second kappa shape index (κ2) is 7.59. The number of aryl methyl sites for hydroxylation is 1. The van der Waals surface area contributed by atoms with Crippen molar-refractivity contribution in [2.45, 2.75) is 58.9 Å². The van der Waals surface area contributed by atoms with Crippen LogP contribution in [-0.4, -0.2) is 25.8 Å². The molecule has 0 aromatic carbocycles. The summed E-state index contributed by atoms with van der Waals surface area (Å²) in [4.78, 5) is 21.6. The SMILES string of the molecule is CCCc1ccc(-c2nn(C(C)C)c3c2C(C)Cc2nc(NC(N)=O)sc2-3)cn1. The number of pyridine rings is 1. The molecule has 29 heavy (non-hydrogen) atoms. The van der Waals surface area contributed by atoms with E-state index in [1.54, 1.807) is 0 Å². The highest BCUT2D eigenvalue weighted by atomic mass is 32.1. The lowest BCUT2D eigenvalue weighted by Crippen LogP contribution is -2.19. The molecule has 0 saturated heterocycles. The molecule has 8 heteroatoms. The van der Waals surface area contributed by atoms with Crippen molar-refractivity contribution in [3.05, 3.63) is 35.3 Å². The zero-order valence-electron chi connectivity index (χ0n) is 17.2. The second-order valence-corrected chi connectivity index (χ2v) is 8.83. The Hall–Kier alpha value is -2.74. The van der Waals surface area contributed by atoms with E-state index in [4.69, 9.17) is 10.8 Å². The highest BCUT2D eigenvalue weighted by Gasteiger charge is 2.34. The monoisotopic (exact) mass is 410 g/mol. The van der Waals surface area contributed by atoms with Gasteiger partial charge in [-0.15, -0.1) is 0 Å². The van der Waals surface area contributed by atoms with Gasteiger partial charge >= 0.3 is 6.03 Å². The lowest BCUT2D eigenvalue weighted by Gasteiger charge is -2.21. The number of aromatic nitrogens is 4. The van der Waals surface area contributed by atoms with E-state index in [9.17, 15) is 4.79 Å². The molecule has 152 valence electrons. The molecule has 0 radical (unpaired) electrons. The number of amides is 2. The van der Waals surface area contributed by atoms with Gasteiger partial charge in [0.05, 0.1) is 22.0 Å². The summed E-state index contributed by atoms with van der Waals surface area (Å²) < 4.78 is 2.07. The van der Waals surface area contributed by atoms with Crippen molar-refractivity contribution >= 4 is 22.5 Å². The summed E-state index contributed by atoms with van der Waals surface area (Å²) in [7, 11) is 0. The van der Waals surface area contributed by atoms with Crippen LogP contribution in [0.25, 0.3) is 21.8 Å². The largest absolute Gasteiger partial charge is 0.351 e. The van der Waals surface area contributed by atoms with Crippen molar-refractivity contribution in [2.75, 3.05) is 5.32 Å². The van der Waals surface area contributed by atoms with Gasteiger partial charge in [0, 0.05) is 29.1 Å². The molecule has 0 spiro atoms. The Morgan fingerprint density at radius 3 is 2.83 bits per heavy atom. The molecule has 3 heterocycles. The number of hydrogen-bond donors (Lipinski definition) is 2. The van der Waals surface area contributed by atoms with Crippen LogP contribution in [0, 0.1) is 0 Å². The number of hydrogen-bond acceptors (Lipinski definition) is 5. The summed E-state index contributed by atoms with van der Waals surface area (Å²) in [6.45, 7) is 8.62. The van der Waals surface area contributed by atoms with Gasteiger partial charge < -0.3 is 5.73 Å². The number of nitrogens with zero attached hydrogens (tertiary/aromatic N) is 4. The lowest BCUT2D eigenvalue weighted by molar-refractivity contribution is 0.259. The molecule has 0 fully saturated rings. The zero-order chi connectivity index (χ0) is 20.7. The van der Waals surface area contributed by atoms with E-state index in [0.29, 0.717) is 5.13 Å². The third kappa shape index (κ3) is 3.53. The first-order chi connectivity index (χ1) is 13.9. The Balaban J connectivity index is 1.86. The average Bonchev–Trinajstić information content (AvgIpc) is 3.23. The van der Waals surface area contributed by atoms with Gasteiger partial charge in [0.15, 0.2) is 5.13 Å². The molecule has 3 aromatic heterocycles. The first-order valence-electron chi connectivity index (χ1n) is 10.0. The number of anilines is 1. The Kier molecular flexibility index (Phi) is 5.12. The Morgan fingerprint density at radius 1 is 1.41 bits per heavy atom. The normalized spacial score (nSPS) is 15.3. The minimum Gasteiger partial charge on any atom is -0.351 e. The van der Waals surface area contributed by atoms with Gasteiger partial charge in [-0.25, -0.2) is 9.78 Å². The molecule has 4 rings (SSSR count). The van der Waals surface area contributed by atoms with E-state index in [0.717, 1.165) is 52.5 Å². The molecule has 0 bridgehead atoms. The van der Waals surface area contributed by atoms with Crippen molar-refractivity contribution in [1.82, 2.24) is 19.7 Å². The maximum atomic E-state index is 11.3. The minimum atomic E-state index is -0.597. The quantitative estimate of drug-likeness (QED) is 0.634. The average molecular weight is 411 g/mol. The van der Waals surface area contributed by atoms with Gasteiger partial charge in [0.2, 0.25) is 0 Å². The summed E-state index contributed by atoms with van der Waals surface area (Å²) in [6.07, 6.45) is 4.80. The fraction of sp³-hybridized carbons (Fsp3) is 0.429. The number of rotatable bonds is 5. The van der Waals surface area contributed by atoms with Crippen LogP contribution in [0.4, 0.5) is 9.93 Å². The van der Waals surface area contributed by atoms with E-state index in [1.807, 2.05) is 6.20 Å². The molecular formula is C21H26N6OS. The number of nitrogens with one attached hydrogen (secondary N) is 1. The van der Waals surface area contributed by atoms with Gasteiger partial charge in [0.25, 0.3) is 0 Å². The van der Waals surface area contributed by atoms with Crippen molar-refractivity contribution in [2.24, 2.45) is 5.73 Å². The lowest BCUT2D eigenvalue weighted by atomic mass is 9.86. The van der Waals surface area contributed by atoms with Gasteiger partial charge in [-0.2, -0.15) is 5.10 Å². The summed E-state index contributed by atoms with van der Waals surface area (Å²) in [6, 6.07) is 3.82. The van der Waals surface area contributed by atoms with Crippen LogP contribution in [0.15, 0.2) is 18.3 Å². The topological polar surface area (TPSA) is 98.7 Å². The number of primary amides is 1. The van der Waals surface area contributed by atoms with Crippen LogP contribution >= 0.6 is 11.3 Å². The predicted molar refractivity (Wildman–Crippen MR) is 116 cm³/mol. The van der Waals surface area contributed by atoms with Gasteiger partial charge in [-0.05, 0) is 44.7 Å². The number of carbonyl (C=O) groups excluding carboxylic acids is 1. The number of nitrogens with two attached hydrogens (primary N) is 1. The van der Waals surface area contributed by atoms with Crippen molar-refractivity contribution in [3.63, 3.8) is 0 Å². The van der Waals surface area contributed by atoms with Crippen molar-refractivity contribution < 1.29 is 4.79 Å². The van der Waals surface area contributed by atoms with Crippen molar-refractivity contribution in [1.29, 1.82) is 0 Å². The molecule has 7 nitrogen and oxygen atoms in total. The first-order valence-corrected chi connectivity index (χ1v) is 10.8. The summed E-state index contributed by atoms with van der Waals surface area (Å²) in [5.41, 5.74) is 11.7. The van der Waals surface area contributed by atoms with Crippen LogP contribution in [0.3, 0.4) is 0 Å². The van der Waals surface area contributed by atoms with Crippen LogP contribution < -0.4 is 11.1 Å². The Morgan fingerprint density at radius 2 is 2.21 bits per heavy atom. The van der Waals surface area contributed by atoms with Crippen LogP contribution in [0.2, 0.25) is 0 Å². The number of urea groups is 1. The Bertz CT molecular complexity index is 1050. The number of carbonyl (C=O) groups is 1. The highest BCUT2D eigenvalue weighted by molar-refractivity contribution is 7.19. The van der Waals surface area contributed by atoms with E-state index < -0.39 is 6.03 Å². The molecule has 1 aliphatic carbocycles. The van der Waals surface area contributed by atoms with Gasteiger partial charge in [-0.1, -0.05) is 31.6 Å². The molecule has 0 saturated carbocycles. The molecule has 2 amide bonds. The fourth-order valence-corrected chi connectivity index (χ4v) is 4.97. The smallest absolute Gasteiger partial charge is 0.318 e. The molecule has 1 aliphatic rings. The third-order valence-electron chi connectivity index (χ3n) is 5.18. The van der Waals surface area contributed by atoms with E-state index in [1.165, 1.54) is 16.9 Å². The maximum absolute atomic E-state index is 11.3. The minimum absolute atomic E-state index is 0.192. The van der Waals surface area contributed by atoms with Crippen LogP contribution in [0.5, 0.6) is 0 Å². The summed E-state index contributed by atoms with van der Waals surface area (Å²) >= 11 is 1.46. The third-order valence-corrected chi connectivity index (χ3v) is 6.20. The summed E-state index contributed by atoms with van der Waals surface area (Å²) in [5, 5.41) is 8.15. The fourth-order valence-electron chi connectivity index (χ4n) is 3.92. The van der Waals surface area contributed by atoms with Crippen LogP contribution in [0.1, 0.15) is 63.0 Å². The molecular weight excluding hydrogens is 384 g/mol. The predicted octanol–water partition coefficient (Wildman–Crippen LogP) is 4.75. The number of fused-ring (bicyclic) bond motifs is 3.